The smallest absolute Gasteiger partial charge is 0.148 e. The Morgan fingerprint density at radius 3 is 2.53 bits per heavy atom. The SMILES string of the molecule is Cc1ccc(CN(C)CCS(C)(=O)=O)o1. The molecule has 1 aromatic heterocycles. The number of aryl methyl sites for hydroxylation is 1. The van der Waals surface area contributed by atoms with Crippen LogP contribution in [0.3, 0.4) is 0 Å². The first-order valence-corrected chi connectivity index (χ1v) is 6.84. The van der Waals surface area contributed by atoms with Gasteiger partial charge in [-0.05, 0) is 26.1 Å². The molecular weight excluding hydrogens is 214 g/mol. The summed E-state index contributed by atoms with van der Waals surface area (Å²) in [5, 5.41) is 0. The maximum absolute atomic E-state index is 10.9. The molecule has 1 heterocycles. The van der Waals surface area contributed by atoms with Gasteiger partial charge in [-0.3, -0.25) is 4.90 Å². The zero-order valence-corrected chi connectivity index (χ0v) is 10.2. The van der Waals surface area contributed by atoms with Crippen molar-refractivity contribution < 1.29 is 12.8 Å². The molecular formula is C10H17NO3S. The van der Waals surface area contributed by atoms with E-state index in [0.29, 0.717) is 13.1 Å². The van der Waals surface area contributed by atoms with Gasteiger partial charge >= 0.3 is 0 Å². The van der Waals surface area contributed by atoms with Gasteiger partial charge in [0.25, 0.3) is 0 Å². The van der Waals surface area contributed by atoms with Crippen molar-refractivity contribution in [1.29, 1.82) is 0 Å². The third-order valence-electron chi connectivity index (χ3n) is 2.07. The molecule has 0 atom stereocenters. The molecule has 0 unspecified atom stereocenters. The van der Waals surface area contributed by atoms with E-state index >= 15 is 0 Å². The van der Waals surface area contributed by atoms with Crippen LogP contribution in [0.5, 0.6) is 0 Å². The summed E-state index contributed by atoms with van der Waals surface area (Å²) < 4.78 is 27.3. The molecule has 0 bridgehead atoms. The lowest BCUT2D eigenvalue weighted by molar-refractivity contribution is 0.306. The Labute approximate surface area is 90.8 Å². The number of nitrogens with zero attached hydrogens (tertiary/aromatic N) is 1. The fourth-order valence-electron chi connectivity index (χ4n) is 1.24. The Morgan fingerprint density at radius 2 is 2.07 bits per heavy atom. The van der Waals surface area contributed by atoms with E-state index in [1.807, 2.05) is 31.0 Å². The van der Waals surface area contributed by atoms with Crippen LogP contribution in [0.25, 0.3) is 0 Å². The molecule has 0 aliphatic carbocycles. The van der Waals surface area contributed by atoms with Gasteiger partial charge in [0, 0.05) is 12.8 Å². The van der Waals surface area contributed by atoms with E-state index in [9.17, 15) is 8.42 Å². The van der Waals surface area contributed by atoms with Gasteiger partial charge in [0.15, 0.2) is 0 Å². The minimum atomic E-state index is -2.88. The largest absolute Gasteiger partial charge is 0.465 e. The van der Waals surface area contributed by atoms with Gasteiger partial charge in [0.05, 0.1) is 12.3 Å². The molecule has 0 N–H and O–H groups in total. The standard InChI is InChI=1S/C10H17NO3S/c1-9-4-5-10(14-9)8-11(2)6-7-15(3,12)13/h4-5H,6-8H2,1-3H3. The topological polar surface area (TPSA) is 50.5 Å². The highest BCUT2D eigenvalue weighted by Crippen LogP contribution is 2.08. The molecule has 86 valence electrons. The fourth-order valence-corrected chi connectivity index (χ4v) is 1.88. The summed E-state index contributed by atoms with van der Waals surface area (Å²) in [5.74, 6) is 1.92. The summed E-state index contributed by atoms with van der Waals surface area (Å²) in [6, 6.07) is 3.81. The summed E-state index contributed by atoms with van der Waals surface area (Å²) in [4.78, 5) is 1.93. The van der Waals surface area contributed by atoms with Crippen molar-refractivity contribution in [2.45, 2.75) is 13.5 Å². The molecule has 15 heavy (non-hydrogen) atoms. The molecule has 0 radical (unpaired) electrons. The van der Waals surface area contributed by atoms with Crippen molar-refractivity contribution in [3.63, 3.8) is 0 Å². The fraction of sp³-hybridized carbons (Fsp3) is 0.600. The van der Waals surface area contributed by atoms with Crippen molar-refractivity contribution in [1.82, 2.24) is 4.90 Å². The Bertz CT molecular complexity index is 408. The lowest BCUT2D eigenvalue weighted by Crippen LogP contribution is -2.24. The molecule has 4 nitrogen and oxygen atoms in total. The Kier molecular flexibility index (Phi) is 3.93. The van der Waals surface area contributed by atoms with Gasteiger partial charge in [-0.25, -0.2) is 8.42 Å². The van der Waals surface area contributed by atoms with Crippen LogP contribution in [0.15, 0.2) is 16.5 Å². The Morgan fingerprint density at radius 1 is 1.40 bits per heavy atom. The van der Waals surface area contributed by atoms with Gasteiger partial charge < -0.3 is 4.42 Å². The number of sulfone groups is 1. The number of hydrogen-bond donors (Lipinski definition) is 0. The molecule has 5 heteroatoms. The lowest BCUT2D eigenvalue weighted by Gasteiger charge is -2.13. The molecule has 0 spiro atoms. The highest BCUT2D eigenvalue weighted by Gasteiger charge is 2.07. The Balaban J connectivity index is 2.40. The third-order valence-corrected chi connectivity index (χ3v) is 2.99. The van der Waals surface area contributed by atoms with Crippen LogP contribution in [-0.4, -0.2) is 38.9 Å². The molecule has 0 aliphatic rings. The van der Waals surface area contributed by atoms with Crippen molar-refractivity contribution in [3.05, 3.63) is 23.7 Å². The summed E-state index contributed by atoms with van der Waals surface area (Å²) in [6.45, 7) is 3.06. The molecule has 0 fully saturated rings. The normalized spacial score (nSPS) is 12.3. The maximum Gasteiger partial charge on any atom is 0.148 e. The van der Waals surface area contributed by atoms with Gasteiger partial charge in [-0.15, -0.1) is 0 Å². The van der Waals surface area contributed by atoms with Crippen molar-refractivity contribution in [2.24, 2.45) is 0 Å². The van der Waals surface area contributed by atoms with Gasteiger partial charge in [0.2, 0.25) is 0 Å². The van der Waals surface area contributed by atoms with Crippen LogP contribution in [0.4, 0.5) is 0 Å². The summed E-state index contributed by atoms with van der Waals surface area (Å²) in [5.41, 5.74) is 0. The van der Waals surface area contributed by atoms with E-state index in [0.717, 1.165) is 11.5 Å². The number of furan rings is 1. The molecule has 1 aromatic rings. The first-order chi connectivity index (χ1) is 6.87. The third kappa shape index (κ3) is 4.99. The average Bonchev–Trinajstić information content (AvgIpc) is 2.47. The van der Waals surface area contributed by atoms with E-state index in [1.54, 1.807) is 0 Å². The predicted molar refractivity (Wildman–Crippen MR) is 59.5 cm³/mol. The van der Waals surface area contributed by atoms with E-state index in [-0.39, 0.29) is 5.75 Å². The predicted octanol–water partition coefficient (Wildman–Crippen LogP) is 1.06. The van der Waals surface area contributed by atoms with E-state index in [1.165, 1.54) is 6.26 Å². The number of rotatable bonds is 5. The Hall–Kier alpha value is -0.810. The first kappa shape index (κ1) is 12.3. The first-order valence-electron chi connectivity index (χ1n) is 4.78. The second kappa shape index (κ2) is 4.81. The van der Waals surface area contributed by atoms with Gasteiger partial charge in [-0.2, -0.15) is 0 Å². The molecule has 0 saturated carbocycles. The molecule has 1 rings (SSSR count). The van der Waals surface area contributed by atoms with Gasteiger partial charge in [0.1, 0.15) is 21.4 Å². The monoisotopic (exact) mass is 231 g/mol. The van der Waals surface area contributed by atoms with Crippen molar-refractivity contribution in [2.75, 3.05) is 25.6 Å². The zero-order chi connectivity index (χ0) is 11.5. The molecule has 0 amide bonds. The van der Waals surface area contributed by atoms with E-state index in [4.69, 9.17) is 4.42 Å². The van der Waals surface area contributed by atoms with Crippen LogP contribution in [0.2, 0.25) is 0 Å². The highest BCUT2D eigenvalue weighted by atomic mass is 32.2. The zero-order valence-electron chi connectivity index (χ0n) is 9.36. The number of hydrogen-bond acceptors (Lipinski definition) is 4. The highest BCUT2D eigenvalue weighted by molar-refractivity contribution is 7.90. The van der Waals surface area contributed by atoms with E-state index < -0.39 is 9.84 Å². The molecule has 0 saturated heterocycles. The average molecular weight is 231 g/mol. The second-order valence-electron chi connectivity index (χ2n) is 3.88. The lowest BCUT2D eigenvalue weighted by atomic mass is 10.4. The molecule has 0 aliphatic heterocycles. The minimum Gasteiger partial charge on any atom is -0.465 e. The van der Waals surface area contributed by atoms with Crippen LogP contribution < -0.4 is 0 Å². The van der Waals surface area contributed by atoms with Crippen molar-refractivity contribution in [3.8, 4) is 0 Å². The van der Waals surface area contributed by atoms with Crippen LogP contribution >= 0.6 is 0 Å². The van der Waals surface area contributed by atoms with Crippen LogP contribution in [0.1, 0.15) is 11.5 Å². The van der Waals surface area contributed by atoms with E-state index in [2.05, 4.69) is 0 Å². The minimum absolute atomic E-state index is 0.184. The quantitative estimate of drug-likeness (QED) is 0.760. The van der Waals surface area contributed by atoms with Gasteiger partial charge in [-0.1, -0.05) is 0 Å². The summed E-state index contributed by atoms with van der Waals surface area (Å²) in [6.07, 6.45) is 1.25. The van der Waals surface area contributed by atoms with Crippen LogP contribution in [-0.2, 0) is 16.4 Å². The summed E-state index contributed by atoms with van der Waals surface area (Å²) >= 11 is 0. The maximum atomic E-state index is 10.9. The molecule has 0 aromatic carbocycles. The second-order valence-corrected chi connectivity index (χ2v) is 6.14. The van der Waals surface area contributed by atoms with Crippen molar-refractivity contribution >= 4 is 9.84 Å². The summed E-state index contributed by atoms with van der Waals surface area (Å²) in [7, 11) is -1.00. The van der Waals surface area contributed by atoms with Crippen LogP contribution in [0, 0.1) is 6.92 Å².